The van der Waals surface area contributed by atoms with Crippen molar-refractivity contribution in [2.24, 2.45) is 0 Å². The maximum absolute atomic E-state index is 2.52. The molecule has 0 amide bonds. The highest BCUT2D eigenvalue weighted by molar-refractivity contribution is 6.01. The zero-order chi connectivity index (χ0) is 55.8. The minimum atomic E-state index is 0.0629. The van der Waals surface area contributed by atoms with Crippen LogP contribution in [0, 0.1) is 0 Å². The lowest BCUT2D eigenvalue weighted by atomic mass is 9.68. The Labute approximate surface area is 493 Å². The summed E-state index contributed by atoms with van der Waals surface area (Å²) in [6, 6.07) is 115. The topological polar surface area (TPSA) is 13.0 Å². The van der Waals surface area contributed by atoms with Gasteiger partial charge in [-0.2, -0.15) is 0 Å². The number of hydrogen-bond acceptors (Lipinski definition) is 4. The van der Waals surface area contributed by atoms with E-state index >= 15 is 0 Å². The van der Waals surface area contributed by atoms with Gasteiger partial charge in [-0.25, -0.2) is 0 Å². The molecule has 0 atom stereocenters. The van der Waals surface area contributed by atoms with Crippen LogP contribution in [0.15, 0.2) is 315 Å². The summed E-state index contributed by atoms with van der Waals surface area (Å²) in [7, 11) is 0. The Morgan fingerprint density at radius 1 is 0.226 bits per heavy atom. The van der Waals surface area contributed by atoms with Crippen molar-refractivity contribution < 1.29 is 0 Å². The molecule has 1 fully saturated rings. The third-order valence-corrected chi connectivity index (χ3v) is 17.6. The lowest BCUT2D eigenvalue weighted by molar-refractivity contribution is 0.353. The molecule has 4 nitrogen and oxygen atoms in total. The Hall–Kier alpha value is -10.4. The fraction of sp³-hybridized carbons (Fsp3) is 0.0750. The fourth-order valence-corrected chi connectivity index (χ4v) is 13.7. The van der Waals surface area contributed by atoms with Crippen molar-refractivity contribution in [3.05, 3.63) is 327 Å². The number of rotatable bonds is 13. The Balaban J connectivity index is 0.771. The molecule has 0 radical (unpaired) electrons. The van der Waals surface area contributed by atoms with E-state index in [4.69, 9.17) is 0 Å². The fourth-order valence-electron chi connectivity index (χ4n) is 13.7. The molecular formula is C80H62N4. The summed E-state index contributed by atoms with van der Waals surface area (Å²) in [6.45, 7) is 0. The van der Waals surface area contributed by atoms with Crippen LogP contribution in [0.3, 0.4) is 0 Å². The van der Waals surface area contributed by atoms with Gasteiger partial charge in [-0.3, -0.25) is 0 Å². The summed E-state index contributed by atoms with van der Waals surface area (Å²) in [5.41, 5.74) is 21.5. The SMILES string of the molecule is c1ccc(N(c2ccccc2)c2ccc(N(c3ccc(-c4ccc(N(c5ccc(N(c6ccccc6)c6ccc7c(c6)C6(CCCCC6)c6ccccc6-7)cc5)c5cccc6ccccc56)cc4)cc3)c3cccc4ccccc34)cc2)cc1. The molecule has 2 aliphatic carbocycles. The summed E-state index contributed by atoms with van der Waals surface area (Å²) >= 11 is 0. The second kappa shape index (κ2) is 21.8. The summed E-state index contributed by atoms with van der Waals surface area (Å²) in [5, 5.41) is 4.79. The van der Waals surface area contributed by atoms with E-state index in [1.807, 2.05) is 0 Å². The van der Waals surface area contributed by atoms with Gasteiger partial charge in [0.05, 0.1) is 11.4 Å². The van der Waals surface area contributed by atoms with E-state index in [-0.39, 0.29) is 5.41 Å². The molecule has 13 aromatic rings. The predicted octanol–water partition coefficient (Wildman–Crippen LogP) is 22.8. The normalized spacial score (nSPS) is 13.1. The summed E-state index contributed by atoms with van der Waals surface area (Å²) in [6.07, 6.45) is 6.24. The van der Waals surface area contributed by atoms with Crippen molar-refractivity contribution in [2.75, 3.05) is 19.6 Å². The molecule has 0 N–H and O–H groups in total. The van der Waals surface area contributed by atoms with Crippen molar-refractivity contribution in [1.82, 2.24) is 0 Å². The molecule has 1 saturated carbocycles. The van der Waals surface area contributed by atoms with Crippen LogP contribution in [-0.2, 0) is 5.41 Å². The molecule has 15 rings (SSSR count). The Morgan fingerprint density at radius 3 is 1.02 bits per heavy atom. The molecule has 0 heterocycles. The quantitative estimate of drug-likeness (QED) is 0.114. The van der Waals surface area contributed by atoms with Gasteiger partial charge in [-0.1, -0.05) is 201 Å². The largest absolute Gasteiger partial charge is 0.311 e. The highest BCUT2D eigenvalue weighted by atomic mass is 15.2. The van der Waals surface area contributed by atoms with E-state index in [1.165, 1.54) is 81.6 Å². The van der Waals surface area contributed by atoms with Gasteiger partial charge in [0.25, 0.3) is 0 Å². The first-order chi connectivity index (χ1) is 41.6. The summed E-state index contributed by atoms with van der Waals surface area (Å²) in [4.78, 5) is 9.55. The van der Waals surface area contributed by atoms with E-state index in [0.717, 1.165) is 73.7 Å². The maximum Gasteiger partial charge on any atom is 0.0540 e. The van der Waals surface area contributed by atoms with Gasteiger partial charge in [0.15, 0.2) is 0 Å². The number of anilines is 12. The Kier molecular flexibility index (Phi) is 13.1. The molecule has 0 aromatic heterocycles. The number of para-hydroxylation sites is 3. The molecule has 13 aromatic carbocycles. The van der Waals surface area contributed by atoms with E-state index < -0.39 is 0 Å². The van der Waals surface area contributed by atoms with Crippen LogP contribution < -0.4 is 19.6 Å². The maximum atomic E-state index is 2.52. The first kappa shape index (κ1) is 50.5. The van der Waals surface area contributed by atoms with Crippen LogP contribution in [0.25, 0.3) is 43.8 Å². The second-order valence-electron chi connectivity index (χ2n) is 22.4. The molecule has 2 aliphatic rings. The number of fused-ring (bicyclic) bond motifs is 7. The van der Waals surface area contributed by atoms with Gasteiger partial charge in [0.1, 0.15) is 0 Å². The van der Waals surface area contributed by atoms with Gasteiger partial charge in [-0.05, 0) is 190 Å². The van der Waals surface area contributed by atoms with E-state index in [1.54, 1.807) is 0 Å². The second-order valence-corrected chi connectivity index (χ2v) is 22.4. The monoisotopic (exact) mass is 1080 g/mol. The molecule has 0 unspecified atom stereocenters. The number of nitrogens with zero attached hydrogens (tertiary/aromatic N) is 4. The molecule has 0 saturated heterocycles. The van der Waals surface area contributed by atoms with Crippen molar-refractivity contribution in [2.45, 2.75) is 37.5 Å². The molecular weight excluding hydrogens is 1020 g/mol. The third kappa shape index (κ3) is 9.13. The standard InChI is InChI=1S/C80H62N4/c1-5-25-62(26-6-1)81(63-27-7-2-8-28-63)65-45-49-69(50-46-65)83(78-35-19-23-60-21-11-13-31-72(60)78)67-41-37-58(38-42-67)59-39-43-68(44-40-59)84(79-36-20-24-61-22-12-14-32-73(61)79)70-51-47-66(48-52-70)82(64-29-9-3-10-30-64)71-53-54-75-74-33-15-16-34-76(74)80(77(75)57-71)55-17-4-18-56-80/h1-3,5-16,19-54,57H,4,17-18,55-56H2. The molecule has 84 heavy (non-hydrogen) atoms. The van der Waals surface area contributed by atoms with Gasteiger partial charge < -0.3 is 19.6 Å². The van der Waals surface area contributed by atoms with Gasteiger partial charge >= 0.3 is 0 Å². The van der Waals surface area contributed by atoms with Crippen molar-refractivity contribution >= 4 is 89.8 Å². The first-order valence-electron chi connectivity index (χ1n) is 29.6. The number of hydrogen-bond donors (Lipinski definition) is 0. The third-order valence-electron chi connectivity index (χ3n) is 17.6. The average Bonchev–Trinajstić information content (AvgIpc) is 2.74. The van der Waals surface area contributed by atoms with Crippen molar-refractivity contribution in [1.29, 1.82) is 0 Å². The smallest absolute Gasteiger partial charge is 0.0540 e. The predicted molar refractivity (Wildman–Crippen MR) is 355 cm³/mol. The zero-order valence-corrected chi connectivity index (χ0v) is 46.8. The lowest BCUT2D eigenvalue weighted by Crippen LogP contribution is -2.28. The molecule has 4 heteroatoms. The lowest BCUT2D eigenvalue weighted by Gasteiger charge is -2.36. The minimum absolute atomic E-state index is 0.0629. The Bertz CT molecular complexity index is 4390. The molecule has 402 valence electrons. The van der Waals surface area contributed by atoms with Gasteiger partial charge in [-0.15, -0.1) is 0 Å². The van der Waals surface area contributed by atoms with Crippen LogP contribution >= 0.6 is 0 Å². The molecule has 1 spiro atoms. The van der Waals surface area contributed by atoms with Crippen LogP contribution in [0.1, 0.15) is 43.2 Å². The summed E-state index contributed by atoms with van der Waals surface area (Å²) in [5.74, 6) is 0. The Morgan fingerprint density at radius 2 is 0.560 bits per heavy atom. The van der Waals surface area contributed by atoms with E-state index in [0.29, 0.717) is 0 Å². The zero-order valence-electron chi connectivity index (χ0n) is 46.8. The molecule has 0 aliphatic heterocycles. The van der Waals surface area contributed by atoms with Gasteiger partial charge in [0.2, 0.25) is 0 Å². The molecule has 0 bridgehead atoms. The average molecular weight is 1080 g/mol. The van der Waals surface area contributed by atoms with Gasteiger partial charge in [0, 0.05) is 73.1 Å². The van der Waals surface area contributed by atoms with Crippen LogP contribution in [0.4, 0.5) is 68.2 Å². The highest BCUT2D eigenvalue weighted by Crippen LogP contribution is 2.57. The van der Waals surface area contributed by atoms with Crippen LogP contribution in [0.5, 0.6) is 0 Å². The highest BCUT2D eigenvalue weighted by Gasteiger charge is 2.44. The summed E-state index contributed by atoms with van der Waals surface area (Å²) < 4.78 is 0. The van der Waals surface area contributed by atoms with E-state index in [9.17, 15) is 0 Å². The van der Waals surface area contributed by atoms with Crippen LogP contribution in [-0.4, -0.2) is 0 Å². The van der Waals surface area contributed by atoms with E-state index in [2.05, 4.69) is 335 Å². The van der Waals surface area contributed by atoms with Crippen LogP contribution in [0.2, 0.25) is 0 Å². The minimum Gasteiger partial charge on any atom is -0.311 e. The van der Waals surface area contributed by atoms with Crippen molar-refractivity contribution in [3.63, 3.8) is 0 Å². The number of benzene rings is 13. The van der Waals surface area contributed by atoms with Crippen molar-refractivity contribution in [3.8, 4) is 22.3 Å². The first-order valence-corrected chi connectivity index (χ1v) is 29.6.